The highest BCUT2D eigenvalue weighted by molar-refractivity contribution is 7.92. The van der Waals surface area contributed by atoms with Gasteiger partial charge < -0.3 is 14.8 Å². The van der Waals surface area contributed by atoms with Crippen molar-refractivity contribution in [3.05, 3.63) is 64.1 Å². The number of carbonyl (C=O) groups excluding carboxylic acids is 2. The number of alkyl carbamates (subject to hydrolysis) is 1. The number of nitrogens with one attached hydrogen (secondary N) is 1. The lowest BCUT2D eigenvalue weighted by Crippen LogP contribution is -2.45. The minimum absolute atomic E-state index is 0.00516. The number of carbonyl (C=O) groups is 2. The van der Waals surface area contributed by atoms with Gasteiger partial charge in [-0.1, -0.05) is 35.3 Å². The predicted molar refractivity (Wildman–Crippen MR) is 115 cm³/mol. The summed E-state index contributed by atoms with van der Waals surface area (Å²) in [5.74, 6) is -0.805. The van der Waals surface area contributed by atoms with E-state index in [4.69, 9.17) is 27.9 Å². The Morgan fingerprint density at radius 1 is 1.03 bits per heavy atom. The fourth-order valence-corrected chi connectivity index (χ4v) is 6.00. The van der Waals surface area contributed by atoms with Gasteiger partial charge in [0.2, 0.25) is 0 Å². The van der Waals surface area contributed by atoms with Crippen LogP contribution in [0.3, 0.4) is 0 Å². The lowest BCUT2D eigenvalue weighted by molar-refractivity contribution is -0.110. The Balaban J connectivity index is 2.04. The van der Waals surface area contributed by atoms with Crippen molar-refractivity contribution in [2.45, 2.75) is 48.0 Å². The molecule has 1 saturated carbocycles. The molecule has 1 aliphatic rings. The van der Waals surface area contributed by atoms with Crippen LogP contribution in [-0.4, -0.2) is 37.2 Å². The summed E-state index contributed by atoms with van der Waals surface area (Å²) in [6.07, 6.45) is -0.406. The minimum atomic E-state index is -3.99. The van der Waals surface area contributed by atoms with Gasteiger partial charge >= 0.3 is 6.09 Å². The Labute approximate surface area is 185 Å². The molecule has 9 heteroatoms. The molecule has 0 unspecified atom stereocenters. The molecule has 30 heavy (non-hydrogen) atoms. The highest BCUT2D eigenvalue weighted by Gasteiger charge is 2.73. The molecule has 0 aromatic heterocycles. The molecule has 0 aliphatic heterocycles. The Kier molecular flexibility index (Phi) is 5.93. The van der Waals surface area contributed by atoms with E-state index in [0.717, 1.165) is 0 Å². The summed E-state index contributed by atoms with van der Waals surface area (Å²) >= 11 is 11.8. The minimum Gasteiger partial charge on any atom is -0.444 e. The molecular weight excluding hydrogens is 449 g/mol. The third-order valence-electron chi connectivity index (χ3n) is 4.80. The van der Waals surface area contributed by atoms with Crippen molar-refractivity contribution in [2.24, 2.45) is 0 Å². The summed E-state index contributed by atoms with van der Waals surface area (Å²) in [6.45, 7) is 5.02. The number of halogens is 2. The van der Waals surface area contributed by atoms with E-state index in [1.165, 1.54) is 24.3 Å². The zero-order valence-corrected chi connectivity index (χ0v) is 18.9. The summed E-state index contributed by atoms with van der Waals surface area (Å²) < 4.78 is 32.0. The molecule has 0 spiro atoms. The molecule has 1 amide bonds. The van der Waals surface area contributed by atoms with E-state index in [-0.39, 0.29) is 4.90 Å². The summed E-state index contributed by atoms with van der Waals surface area (Å²) in [6, 6.07) is 12.1. The molecule has 2 aromatic rings. The van der Waals surface area contributed by atoms with E-state index in [9.17, 15) is 18.0 Å². The third-order valence-corrected chi connectivity index (χ3v) is 7.56. The van der Waals surface area contributed by atoms with Crippen molar-refractivity contribution < 1.29 is 22.7 Å². The van der Waals surface area contributed by atoms with E-state index < -0.39 is 38.2 Å². The first-order valence-corrected chi connectivity index (χ1v) is 11.4. The molecule has 1 aliphatic carbocycles. The van der Waals surface area contributed by atoms with Crippen LogP contribution in [0.1, 0.15) is 32.3 Å². The second kappa shape index (κ2) is 7.87. The lowest BCUT2D eigenvalue weighted by Gasteiger charge is -2.22. The van der Waals surface area contributed by atoms with Crippen LogP contribution in [0.2, 0.25) is 10.0 Å². The Morgan fingerprint density at radius 2 is 1.53 bits per heavy atom. The van der Waals surface area contributed by atoms with Crippen LogP contribution in [0.25, 0.3) is 0 Å². The highest BCUT2D eigenvalue weighted by Crippen LogP contribution is 2.56. The normalized spacial score (nSPS) is 23.5. The first-order valence-electron chi connectivity index (χ1n) is 9.13. The number of aldehydes is 1. The van der Waals surface area contributed by atoms with Crippen molar-refractivity contribution in [1.29, 1.82) is 0 Å². The SMILES string of the molecule is CC(C)(C)OC(=O)N[C@@]1(C=O)[C@H](c2ccc(Cl)cc2)[C@@H]1S(=O)(=O)c1ccc(Cl)cc1. The molecule has 6 nitrogen and oxygen atoms in total. The molecule has 2 aromatic carbocycles. The zero-order chi connectivity index (χ0) is 22.3. The number of hydrogen-bond donors (Lipinski definition) is 1. The maximum Gasteiger partial charge on any atom is 0.408 e. The molecule has 0 saturated heterocycles. The van der Waals surface area contributed by atoms with Crippen LogP contribution in [-0.2, 0) is 19.4 Å². The van der Waals surface area contributed by atoms with Gasteiger partial charge in [-0.05, 0) is 62.7 Å². The molecule has 0 radical (unpaired) electrons. The summed E-state index contributed by atoms with van der Waals surface area (Å²) in [4.78, 5) is 24.6. The van der Waals surface area contributed by atoms with Crippen LogP contribution >= 0.6 is 23.2 Å². The molecule has 1 fully saturated rings. The van der Waals surface area contributed by atoms with E-state index >= 15 is 0 Å². The topological polar surface area (TPSA) is 89.5 Å². The van der Waals surface area contributed by atoms with Crippen molar-refractivity contribution in [2.75, 3.05) is 0 Å². The van der Waals surface area contributed by atoms with Crippen LogP contribution in [0, 0.1) is 0 Å². The highest BCUT2D eigenvalue weighted by atomic mass is 35.5. The Morgan fingerprint density at radius 3 is 2.00 bits per heavy atom. The molecule has 3 rings (SSSR count). The van der Waals surface area contributed by atoms with Gasteiger partial charge in [0.15, 0.2) is 9.84 Å². The quantitative estimate of drug-likeness (QED) is 0.655. The second-order valence-corrected chi connectivity index (χ2v) is 11.1. The molecule has 1 N–H and O–H groups in total. The first kappa shape index (κ1) is 22.6. The zero-order valence-electron chi connectivity index (χ0n) is 16.6. The summed E-state index contributed by atoms with van der Waals surface area (Å²) in [5, 5.41) is 2.14. The molecular formula is C21H21Cl2NO5S. The van der Waals surface area contributed by atoms with E-state index in [2.05, 4.69) is 5.32 Å². The molecule has 3 atom stereocenters. The number of ether oxygens (including phenoxy) is 1. The number of amides is 1. The van der Waals surface area contributed by atoms with Crippen LogP contribution in [0.15, 0.2) is 53.4 Å². The lowest BCUT2D eigenvalue weighted by atomic mass is 10.1. The van der Waals surface area contributed by atoms with E-state index in [0.29, 0.717) is 21.9 Å². The average Bonchev–Trinajstić information content (AvgIpc) is 3.30. The fourth-order valence-electron chi connectivity index (χ4n) is 3.50. The largest absolute Gasteiger partial charge is 0.444 e. The molecule has 160 valence electrons. The van der Waals surface area contributed by atoms with Gasteiger partial charge in [-0.15, -0.1) is 0 Å². The Hall–Kier alpha value is -2.09. The van der Waals surface area contributed by atoms with E-state index in [1.54, 1.807) is 45.0 Å². The summed E-state index contributed by atoms with van der Waals surface area (Å²) in [7, 11) is -3.99. The van der Waals surface area contributed by atoms with Crippen LogP contribution < -0.4 is 5.32 Å². The van der Waals surface area contributed by atoms with E-state index in [1.807, 2.05) is 0 Å². The van der Waals surface area contributed by atoms with Crippen molar-refractivity contribution >= 4 is 45.4 Å². The predicted octanol–water partition coefficient (Wildman–Crippen LogP) is 4.40. The van der Waals surface area contributed by atoms with Crippen LogP contribution in [0.5, 0.6) is 0 Å². The number of benzene rings is 2. The Bertz CT molecular complexity index is 1060. The molecule has 0 heterocycles. The maximum absolute atomic E-state index is 13.4. The van der Waals surface area contributed by atoms with Gasteiger partial charge in [-0.2, -0.15) is 0 Å². The number of sulfone groups is 1. The van der Waals surface area contributed by atoms with Gasteiger partial charge in [0.1, 0.15) is 22.7 Å². The second-order valence-electron chi connectivity index (χ2n) is 8.13. The standard InChI is InChI=1S/C21H21Cl2NO5S/c1-20(2,3)29-19(26)24-21(12-25)17(13-4-6-14(22)7-5-13)18(21)30(27,28)16-10-8-15(23)9-11-16/h4-12,17-18H,1-3H3,(H,24,26)/t17-,18+,21+/m1/s1. The smallest absolute Gasteiger partial charge is 0.408 e. The molecule has 0 bridgehead atoms. The first-order chi connectivity index (χ1) is 13.9. The average molecular weight is 470 g/mol. The van der Waals surface area contributed by atoms with Gasteiger partial charge in [0.05, 0.1) is 4.90 Å². The van der Waals surface area contributed by atoms with Crippen molar-refractivity contribution in [3.63, 3.8) is 0 Å². The summed E-state index contributed by atoms with van der Waals surface area (Å²) in [5.41, 5.74) is -1.93. The third kappa shape index (κ3) is 4.33. The van der Waals surface area contributed by atoms with Gasteiger partial charge in [-0.3, -0.25) is 0 Å². The van der Waals surface area contributed by atoms with Gasteiger partial charge in [-0.25, -0.2) is 13.2 Å². The van der Waals surface area contributed by atoms with Crippen molar-refractivity contribution in [1.82, 2.24) is 5.32 Å². The van der Waals surface area contributed by atoms with Crippen LogP contribution in [0.4, 0.5) is 4.79 Å². The van der Waals surface area contributed by atoms with Gasteiger partial charge in [0, 0.05) is 16.0 Å². The number of hydrogen-bond acceptors (Lipinski definition) is 5. The van der Waals surface area contributed by atoms with Crippen molar-refractivity contribution in [3.8, 4) is 0 Å². The van der Waals surface area contributed by atoms with Gasteiger partial charge in [0.25, 0.3) is 0 Å². The monoisotopic (exact) mass is 469 g/mol. The fraction of sp³-hybridized carbons (Fsp3) is 0.333. The maximum atomic E-state index is 13.4. The number of rotatable bonds is 5.